The summed E-state index contributed by atoms with van der Waals surface area (Å²) in [7, 11) is 0. The van der Waals surface area contributed by atoms with Gasteiger partial charge in [0.15, 0.2) is 10.3 Å². The zero-order valence-electron chi connectivity index (χ0n) is 11.7. The Labute approximate surface area is 173 Å². The molecule has 0 unspecified atom stereocenters. The van der Waals surface area contributed by atoms with E-state index in [1.165, 1.54) is 12.1 Å². The predicted molar refractivity (Wildman–Crippen MR) is 105 cm³/mol. The number of hydrogen-bond donors (Lipinski definition) is 0. The second-order valence-corrected chi connectivity index (χ2v) is 10.4. The Morgan fingerprint density at radius 3 is 1.54 bits per heavy atom. The van der Waals surface area contributed by atoms with E-state index in [-0.39, 0.29) is 42.2 Å². The van der Waals surface area contributed by atoms with E-state index in [2.05, 4.69) is 9.97 Å². The van der Waals surface area contributed by atoms with Crippen LogP contribution in [0.3, 0.4) is 0 Å². The molecule has 2 rings (SSSR count). The van der Waals surface area contributed by atoms with Gasteiger partial charge in [0.25, 0.3) is 6.49 Å². The minimum absolute atomic E-state index is 0.00688. The molecule has 0 aliphatic carbocycles. The summed E-state index contributed by atoms with van der Waals surface area (Å²) in [4.78, 5) is 7.92. The first-order valence-electron chi connectivity index (χ1n) is 6.16. The monoisotopic (exact) mass is 484 g/mol. The third-order valence-corrected chi connectivity index (χ3v) is 7.33. The molecule has 2 heterocycles. The summed E-state index contributed by atoms with van der Waals surface area (Å²) in [5, 5.41) is 0.717. The minimum Gasteiger partial charge on any atom is -0.415 e. The molecule has 0 spiro atoms. The fourth-order valence-corrected chi connectivity index (χ4v) is 4.09. The maximum Gasteiger partial charge on any atom is 0.290 e. The van der Waals surface area contributed by atoms with Crippen molar-refractivity contribution in [2.75, 3.05) is 6.16 Å². The molecule has 0 bridgehead atoms. The standard InChI is InChI=1S/C12H7Cl6N2O2PS/c1-2-23(24,21-11-7(15)3-5(13)9(17)19-11)22-12-8(16)4-6(14)10(18)20-12/h3-4H,2H2,1H3. The van der Waals surface area contributed by atoms with Crippen LogP contribution in [-0.2, 0) is 11.8 Å². The van der Waals surface area contributed by atoms with Crippen molar-refractivity contribution in [2.45, 2.75) is 6.92 Å². The quantitative estimate of drug-likeness (QED) is 0.330. The third kappa shape index (κ3) is 4.93. The molecule has 0 saturated heterocycles. The lowest BCUT2D eigenvalue weighted by Crippen LogP contribution is -2.06. The fourth-order valence-electron chi connectivity index (χ4n) is 1.40. The highest BCUT2D eigenvalue weighted by molar-refractivity contribution is 8.10. The molecule has 2 aromatic rings. The fraction of sp³-hybridized carbons (Fsp3) is 0.167. The van der Waals surface area contributed by atoms with Gasteiger partial charge in [-0.1, -0.05) is 76.5 Å². The maximum absolute atomic E-state index is 6.05. The van der Waals surface area contributed by atoms with Crippen molar-refractivity contribution in [1.82, 2.24) is 9.97 Å². The lowest BCUT2D eigenvalue weighted by molar-refractivity contribution is 0.467. The lowest BCUT2D eigenvalue weighted by Gasteiger charge is -2.22. The van der Waals surface area contributed by atoms with Crippen molar-refractivity contribution in [1.29, 1.82) is 0 Å². The summed E-state index contributed by atoms with van der Waals surface area (Å²) in [5.74, 6) is 0.0138. The van der Waals surface area contributed by atoms with Gasteiger partial charge < -0.3 is 9.05 Å². The van der Waals surface area contributed by atoms with Crippen LogP contribution < -0.4 is 9.05 Å². The number of halogens is 6. The average molecular weight is 487 g/mol. The smallest absolute Gasteiger partial charge is 0.290 e. The molecular weight excluding hydrogens is 480 g/mol. The van der Waals surface area contributed by atoms with Crippen LogP contribution in [0.15, 0.2) is 12.1 Å². The second-order valence-electron chi connectivity index (χ2n) is 4.21. The number of pyridine rings is 2. The zero-order valence-corrected chi connectivity index (χ0v) is 17.9. The van der Waals surface area contributed by atoms with Gasteiger partial charge >= 0.3 is 0 Å². The molecule has 0 aliphatic rings. The Kier molecular flexibility index (Phi) is 7.14. The topological polar surface area (TPSA) is 44.2 Å². The molecule has 2 aromatic heterocycles. The number of nitrogens with zero attached hydrogens (tertiary/aromatic N) is 2. The van der Waals surface area contributed by atoms with Gasteiger partial charge in [0.1, 0.15) is 10.0 Å². The summed E-state index contributed by atoms with van der Waals surface area (Å²) < 4.78 is 11.4. The third-order valence-electron chi connectivity index (χ3n) is 2.55. The Bertz CT molecular complexity index is 774. The van der Waals surface area contributed by atoms with Gasteiger partial charge in [0.2, 0.25) is 11.8 Å². The van der Waals surface area contributed by atoms with Crippen LogP contribution in [-0.4, -0.2) is 16.1 Å². The largest absolute Gasteiger partial charge is 0.415 e. The van der Waals surface area contributed by atoms with Crippen molar-refractivity contribution >= 4 is 87.9 Å². The summed E-state index contributed by atoms with van der Waals surface area (Å²) in [6.07, 6.45) is 0.332. The molecule has 0 saturated carbocycles. The lowest BCUT2D eigenvalue weighted by atomic mass is 10.5. The first kappa shape index (κ1) is 20.6. The van der Waals surface area contributed by atoms with Crippen molar-refractivity contribution < 1.29 is 9.05 Å². The Hall–Kier alpha value is 0.290. The van der Waals surface area contributed by atoms with Crippen molar-refractivity contribution in [2.24, 2.45) is 0 Å². The molecule has 0 fully saturated rings. The molecule has 0 aromatic carbocycles. The highest BCUT2D eigenvalue weighted by atomic mass is 35.5. The molecule has 0 radical (unpaired) electrons. The van der Waals surface area contributed by atoms with Gasteiger partial charge in [-0.3, -0.25) is 0 Å². The number of aromatic nitrogens is 2. The highest BCUT2D eigenvalue weighted by Crippen LogP contribution is 2.51. The van der Waals surface area contributed by atoms with Gasteiger partial charge in [0, 0.05) is 6.16 Å². The molecule has 0 aliphatic heterocycles. The van der Waals surface area contributed by atoms with E-state index >= 15 is 0 Å². The highest BCUT2D eigenvalue weighted by Gasteiger charge is 2.25. The SMILES string of the molecule is CCP(=S)(Oc1nc(Cl)c(Cl)cc1Cl)Oc1nc(Cl)c(Cl)cc1Cl. The maximum atomic E-state index is 6.05. The van der Waals surface area contributed by atoms with Gasteiger partial charge in [-0.25, -0.2) is 0 Å². The second kappa shape index (κ2) is 8.32. The molecule has 24 heavy (non-hydrogen) atoms. The van der Waals surface area contributed by atoms with Crippen LogP contribution in [0.1, 0.15) is 6.92 Å². The first-order valence-corrected chi connectivity index (χ1v) is 11.3. The van der Waals surface area contributed by atoms with Gasteiger partial charge in [-0.15, -0.1) is 0 Å². The van der Waals surface area contributed by atoms with E-state index in [9.17, 15) is 0 Å². The van der Waals surface area contributed by atoms with E-state index in [0.717, 1.165) is 0 Å². The minimum atomic E-state index is -2.93. The van der Waals surface area contributed by atoms with Crippen LogP contribution in [0.4, 0.5) is 0 Å². The number of rotatable bonds is 5. The normalized spacial score (nSPS) is 11.5. The van der Waals surface area contributed by atoms with Gasteiger partial charge in [-0.05, 0) is 23.9 Å². The van der Waals surface area contributed by atoms with E-state index in [4.69, 9.17) is 90.5 Å². The van der Waals surface area contributed by atoms with Crippen LogP contribution in [0.2, 0.25) is 30.4 Å². The van der Waals surface area contributed by atoms with Crippen LogP contribution in [0, 0.1) is 0 Å². The summed E-state index contributed by atoms with van der Waals surface area (Å²) in [6.45, 7) is -1.16. The molecule has 0 N–H and O–H groups in total. The van der Waals surface area contributed by atoms with Crippen molar-refractivity contribution in [3.8, 4) is 11.8 Å². The Balaban J connectivity index is 2.35. The van der Waals surface area contributed by atoms with E-state index in [1.54, 1.807) is 6.92 Å². The van der Waals surface area contributed by atoms with Gasteiger partial charge in [-0.2, -0.15) is 9.97 Å². The first-order chi connectivity index (χ1) is 11.1. The number of hydrogen-bond acceptors (Lipinski definition) is 5. The molecule has 12 heteroatoms. The van der Waals surface area contributed by atoms with Crippen LogP contribution >= 0.6 is 76.1 Å². The van der Waals surface area contributed by atoms with E-state index in [0.29, 0.717) is 6.16 Å². The molecular formula is C12H7Cl6N2O2PS. The van der Waals surface area contributed by atoms with Crippen LogP contribution in [0.25, 0.3) is 0 Å². The zero-order chi connectivity index (χ0) is 18.1. The summed E-state index contributed by atoms with van der Waals surface area (Å²) >= 11 is 41.0. The average Bonchev–Trinajstić information content (AvgIpc) is 2.50. The van der Waals surface area contributed by atoms with E-state index in [1.807, 2.05) is 0 Å². The molecule has 0 amide bonds. The molecule has 4 nitrogen and oxygen atoms in total. The molecule has 0 atom stereocenters. The van der Waals surface area contributed by atoms with E-state index < -0.39 is 6.49 Å². The summed E-state index contributed by atoms with van der Waals surface area (Å²) in [5.41, 5.74) is 0. The Morgan fingerprint density at radius 2 is 1.21 bits per heavy atom. The molecule has 130 valence electrons. The predicted octanol–water partition coefficient (Wildman–Crippen LogP) is 7.18. The van der Waals surface area contributed by atoms with Crippen molar-refractivity contribution in [3.05, 3.63) is 42.5 Å². The summed E-state index contributed by atoms with van der Waals surface area (Å²) in [6, 6.07) is 2.79. The Morgan fingerprint density at radius 1 is 0.833 bits per heavy atom. The van der Waals surface area contributed by atoms with Crippen molar-refractivity contribution in [3.63, 3.8) is 0 Å². The van der Waals surface area contributed by atoms with Gasteiger partial charge in [0.05, 0.1) is 10.0 Å². The van der Waals surface area contributed by atoms with Crippen LogP contribution in [0.5, 0.6) is 11.8 Å².